The first-order valence-electron chi connectivity index (χ1n) is 7.01. The van der Waals surface area contributed by atoms with Gasteiger partial charge >= 0.3 is 6.03 Å². The minimum atomic E-state index is -1.06. The molecule has 0 atom stereocenters. The minimum Gasteiger partial charge on any atom is -0.494 e. The van der Waals surface area contributed by atoms with E-state index in [1.165, 1.54) is 0 Å². The van der Waals surface area contributed by atoms with E-state index in [1.807, 2.05) is 6.92 Å². The van der Waals surface area contributed by atoms with E-state index in [0.717, 1.165) is 11.3 Å². The lowest BCUT2D eigenvalue weighted by atomic mass is 9.66. The molecule has 2 aliphatic rings. The lowest BCUT2D eigenvalue weighted by Crippen LogP contribution is -2.66. The Bertz CT molecular complexity index is 622. The van der Waals surface area contributed by atoms with Crippen LogP contribution in [0.15, 0.2) is 24.3 Å². The van der Waals surface area contributed by atoms with Crippen LogP contribution in [0.2, 0.25) is 0 Å². The summed E-state index contributed by atoms with van der Waals surface area (Å²) in [7, 11) is 0. The van der Waals surface area contributed by atoms with Crippen LogP contribution in [0.1, 0.15) is 26.2 Å². The first-order chi connectivity index (χ1) is 10.1. The number of nitrogens with one attached hydrogen (secondary N) is 1. The molecule has 1 aromatic carbocycles. The lowest BCUT2D eigenvalue weighted by Gasteiger charge is -2.44. The second kappa shape index (κ2) is 4.87. The zero-order valence-electron chi connectivity index (χ0n) is 11.7. The van der Waals surface area contributed by atoms with Crippen LogP contribution in [0, 0.1) is 5.41 Å². The van der Waals surface area contributed by atoms with Crippen LogP contribution in [-0.2, 0) is 9.59 Å². The van der Waals surface area contributed by atoms with Crippen molar-refractivity contribution in [2.45, 2.75) is 26.2 Å². The molecule has 0 bridgehead atoms. The maximum Gasteiger partial charge on any atom is 0.335 e. The Morgan fingerprint density at radius 2 is 2.05 bits per heavy atom. The van der Waals surface area contributed by atoms with Crippen molar-refractivity contribution in [1.29, 1.82) is 0 Å². The number of carbonyl (C=O) groups excluding carboxylic acids is 3. The monoisotopic (exact) mass is 288 g/mol. The molecule has 110 valence electrons. The summed E-state index contributed by atoms with van der Waals surface area (Å²) < 4.78 is 5.38. The van der Waals surface area contributed by atoms with Gasteiger partial charge in [0.15, 0.2) is 0 Å². The number of hydrogen-bond acceptors (Lipinski definition) is 4. The maximum absolute atomic E-state index is 12.6. The van der Waals surface area contributed by atoms with Crippen LogP contribution in [0.5, 0.6) is 5.75 Å². The van der Waals surface area contributed by atoms with Gasteiger partial charge in [-0.1, -0.05) is 12.5 Å². The molecular formula is C15H16N2O4. The molecule has 1 N–H and O–H groups in total. The van der Waals surface area contributed by atoms with E-state index in [9.17, 15) is 14.4 Å². The number of rotatable bonds is 3. The minimum absolute atomic E-state index is 0.419. The van der Waals surface area contributed by atoms with Crippen LogP contribution in [0.25, 0.3) is 0 Å². The van der Waals surface area contributed by atoms with Gasteiger partial charge in [-0.2, -0.15) is 0 Å². The molecule has 2 fully saturated rings. The van der Waals surface area contributed by atoms with Crippen LogP contribution in [0.3, 0.4) is 0 Å². The standard InChI is InChI=1S/C15H16N2O4/c1-2-21-11-6-3-5-10(9-11)17-13(19)15(7-4-8-15)12(18)16-14(17)20/h3,5-6,9H,2,4,7-8H2,1H3,(H,16,18,20). The molecule has 1 heterocycles. The van der Waals surface area contributed by atoms with Gasteiger partial charge in [0.25, 0.3) is 5.91 Å². The van der Waals surface area contributed by atoms with Crippen molar-refractivity contribution in [3.63, 3.8) is 0 Å². The number of ether oxygens (including phenoxy) is 1. The molecule has 1 saturated heterocycles. The summed E-state index contributed by atoms with van der Waals surface area (Å²) in [5.74, 6) is -0.327. The molecule has 0 aromatic heterocycles. The van der Waals surface area contributed by atoms with Gasteiger partial charge in [0.2, 0.25) is 5.91 Å². The van der Waals surface area contributed by atoms with Gasteiger partial charge in [-0.05, 0) is 31.9 Å². The van der Waals surface area contributed by atoms with Gasteiger partial charge in [0.1, 0.15) is 11.2 Å². The van der Waals surface area contributed by atoms with Crippen molar-refractivity contribution in [3.05, 3.63) is 24.3 Å². The number of anilines is 1. The molecule has 1 aliphatic carbocycles. The highest BCUT2D eigenvalue weighted by atomic mass is 16.5. The third-order valence-electron chi connectivity index (χ3n) is 4.06. The molecule has 1 aromatic rings. The fourth-order valence-corrected chi connectivity index (χ4v) is 2.76. The summed E-state index contributed by atoms with van der Waals surface area (Å²) in [6.45, 7) is 2.35. The number of nitrogens with zero attached hydrogens (tertiary/aromatic N) is 1. The normalized spacial score (nSPS) is 20.2. The van der Waals surface area contributed by atoms with Crippen molar-refractivity contribution >= 4 is 23.5 Å². The summed E-state index contributed by atoms with van der Waals surface area (Å²) >= 11 is 0. The number of imide groups is 2. The molecular weight excluding hydrogens is 272 g/mol. The summed E-state index contributed by atoms with van der Waals surface area (Å²) in [5, 5.41) is 2.29. The molecule has 21 heavy (non-hydrogen) atoms. The Hall–Kier alpha value is -2.37. The van der Waals surface area contributed by atoms with E-state index in [1.54, 1.807) is 24.3 Å². The van der Waals surface area contributed by atoms with Gasteiger partial charge in [-0.3, -0.25) is 14.9 Å². The molecule has 1 aliphatic heterocycles. The second-order valence-electron chi connectivity index (χ2n) is 5.27. The number of barbiturate groups is 1. The molecule has 6 nitrogen and oxygen atoms in total. The molecule has 6 heteroatoms. The zero-order valence-corrected chi connectivity index (χ0v) is 11.7. The quantitative estimate of drug-likeness (QED) is 0.861. The molecule has 4 amide bonds. The molecule has 0 unspecified atom stereocenters. The topological polar surface area (TPSA) is 75.7 Å². The number of hydrogen-bond donors (Lipinski definition) is 1. The first kappa shape index (κ1) is 13.6. The highest BCUT2D eigenvalue weighted by Gasteiger charge is 2.57. The van der Waals surface area contributed by atoms with Crippen LogP contribution < -0.4 is 15.0 Å². The van der Waals surface area contributed by atoms with Gasteiger partial charge in [-0.25, -0.2) is 9.69 Å². The van der Waals surface area contributed by atoms with Crippen LogP contribution >= 0.6 is 0 Å². The Kier molecular flexibility index (Phi) is 3.16. The smallest absolute Gasteiger partial charge is 0.335 e. The molecule has 1 spiro atoms. The highest BCUT2D eigenvalue weighted by molar-refractivity contribution is 6.30. The van der Waals surface area contributed by atoms with E-state index in [-0.39, 0.29) is 0 Å². The van der Waals surface area contributed by atoms with Gasteiger partial charge in [0.05, 0.1) is 12.3 Å². The Balaban J connectivity index is 1.96. The maximum atomic E-state index is 12.6. The third-order valence-corrected chi connectivity index (χ3v) is 4.06. The van der Waals surface area contributed by atoms with E-state index >= 15 is 0 Å². The summed E-state index contributed by atoms with van der Waals surface area (Å²) in [4.78, 5) is 37.7. The fourth-order valence-electron chi connectivity index (χ4n) is 2.76. The first-order valence-corrected chi connectivity index (χ1v) is 7.01. The van der Waals surface area contributed by atoms with Crippen molar-refractivity contribution < 1.29 is 19.1 Å². The fraction of sp³-hybridized carbons (Fsp3) is 0.400. The predicted molar refractivity (Wildman–Crippen MR) is 74.9 cm³/mol. The zero-order chi connectivity index (χ0) is 15.0. The molecule has 0 radical (unpaired) electrons. The summed E-state index contributed by atoms with van der Waals surface area (Å²) in [6.07, 6.45) is 1.80. The Labute approximate surface area is 122 Å². The van der Waals surface area contributed by atoms with Crippen LogP contribution in [-0.4, -0.2) is 24.5 Å². The van der Waals surface area contributed by atoms with Crippen molar-refractivity contribution in [1.82, 2.24) is 5.32 Å². The molecule has 3 rings (SSSR count). The predicted octanol–water partition coefficient (Wildman–Crippen LogP) is 1.84. The average Bonchev–Trinajstić information content (AvgIpc) is 2.37. The van der Waals surface area contributed by atoms with E-state index in [4.69, 9.17) is 4.74 Å². The van der Waals surface area contributed by atoms with Gasteiger partial charge in [0, 0.05) is 6.07 Å². The van der Waals surface area contributed by atoms with E-state index in [2.05, 4.69) is 5.32 Å². The number of amides is 4. The van der Waals surface area contributed by atoms with Gasteiger partial charge in [-0.15, -0.1) is 0 Å². The Morgan fingerprint density at radius 3 is 2.67 bits per heavy atom. The largest absolute Gasteiger partial charge is 0.494 e. The van der Waals surface area contributed by atoms with Gasteiger partial charge < -0.3 is 4.74 Å². The second-order valence-corrected chi connectivity index (χ2v) is 5.27. The Morgan fingerprint density at radius 1 is 1.29 bits per heavy atom. The summed E-state index contributed by atoms with van der Waals surface area (Å²) in [6, 6.07) is 6.05. The third kappa shape index (κ3) is 1.98. The number of urea groups is 1. The average molecular weight is 288 g/mol. The summed E-state index contributed by atoms with van der Waals surface area (Å²) in [5.41, 5.74) is -0.641. The SMILES string of the molecule is CCOc1cccc(N2C(=O)NC(=O)C3(CCC3)C2=O)c1. The van der Waals surface area contributed by atoms with E-state index < -0.39 is 23.3 Å². The van der Waals surface area contributed by atoms with Crippen molar-refractivity contribution in [3.8, 4) is 5.75 Å². The van der Waals surface area contributed by atoms with Crippen LogP contribution in [0.4, 0.5) is 10.5 Å². The van der Waals surface area contributed by atoms with E-state index in [0.29, 0.717) is 30.9 Å². The lowest BCUT2D eigenvalue weighted by molar-refractivity contribution is -0.148. The number of carbonyl (C=O) groups is 3. The molecule has 1 saturated carbocycles. The van der Waals surface area contributed by atoms with Crippen molar-refractivity contribution in [2.75, 3.05) is 11.5 Å². The highest BCUT2D eigenvalue weighted by Crippen LogP contribution is 2.45. The number of benzene rings is 1. The van der Waals surface area contributed by atoms with Crippen molar-refractivity contribution in [2.24, 2.45) is 5.41 Å².